The van der Waals surface area contributed by atoms with E-state index < -0.39 is 11.2 Å². The van der Waals surface area contributed by atoms with Crippen molar-refractivity contribution in [3.63, 3.8) is 0 Å². The van der Waals surface area contributed by atoms with Gasteiger partial charge in [0, 0.05) is 6.42 Å². The molecule has 1 unspecified atom stereocenters. The van der Waals surface area contributed by atoms with Gasteiger partial charge in [-0.05, 0) is 52.4 Å². The Bertz CT molecular complexity index is 300. The summed E-state index contributed by atoms with van der Waals surface area (Å²) < 4.78 is 6.11. The summed E-state index contributed by atoms with van der Waals surface area (Å²) in [5, 5.41) is 11.2. The highest BCUT2D eigenvalue weighted by Gasteiger charge is 2.59. The van der Waals surface area contributed by atoms with Crippen molar-refractivity contribution in [2.45, 2.75) is 89.9 Å². The molecule has 2 aliphatic rings. The van der Waals surface area contributed by atoms with Gasteiger partial charge in [-0.15, -0.1) is 0 Å². The third-order valence-electron chi connectivity index (χ3n) is 5.37. The molecule has 0 aromatic carbocycles. The molecule has 1 heterocycles. The third-order valence-corrected chi connectivity index (χ3v) is 5.37. The van der Waals surface area contributed by atoms with Gasteiger partial charge in [-0.1, -0.05) is 26.2 Å². The molecule has 2 nitrogen and oxygen atoms in total. The van der Waals surface area contributed by atoms with Gasteiger partial charge in [0.25, 0.3) is 0 Å². The van der Waals surface area contributed by atoms with Gasteiger partial charge in [-0.2, -0.15) is 0 Å². The maximum atomic E-state index is 11.2. The average Bonchev–Trinajstić information content (AvgIpc) is 2.43. The van der Waals surface area contributed by atoms with E-state index in [2.05, 4.69) is 34.6 Å². The maximum absolute atomic E-state index is 11.2. The van der Waals surface area contributed by atoms with Crippen molar-refractivity contribution in [1.82, 2.24) is 0 Å². The van der Waals surface area contributed by atoms with Crippen LogP contribution in [0.5, 0.6) is 0 Å². The van der Waals surface area contributed by atoms with Crippen molar-refractivity contribution in [1.29, 1.82) is 0 Å². The van der Waals surface area contributed by atoms with Crippen LogP contribution >= 0.6 is 0 Å². The fraction of sp³-hybridized carbons (Fsp3) is 1.00. The van der Waals surface area contributed by atoms with E-state index in [1.807, 2.05) is 0 Å². The minimum Gasteiger partial charge on any atom is -0.386 e. The van der Waals surface area contributed by atoms with Gasteiger partial charge < -0.3 is 9.84 Å². The van der Waals surface area contributed by atoms with Crippen LogP contribution in [0.2, 0.25) is 0 Å². The smallest absolute Gasteiger partial charge is 0.0986 e. The van der Waals surface area contributed by atoms with E-state index in [0.717, 1.165) is 25.2 Å². The van der Waals surface area contributed by atoms with Crippen LogP contribution in [-0.2, 0) is 4.74 Å². The first-order valence-corrected chi connectivity index (χ1v) is 7.63. The lowest BCUT2D eigenvalue weighted by atomic mass is 9.66. The molecule has 1 saturated carbocycles. The quantitative estimate of drug-likeness (QED) is 0.809. The van der Waals surface area contributed by atoms with Crippen LogP contribution in [0.25, 0.3) is 0 Å². The Labute approximate surface area is 112 Å². The number of hydrogen-bond acceptors (Lipinski definition) is 2. The zero-order valence-corrected chi connectivity index (χ0v) is 12.8. The Morgan fingerprint density at radius 3 is 2.00 bits per heavy atom. The molecule has 0 amide bonds. The molecule has 0 radical (unpaired) electrons. The molecular formula is C16H30O2. The fourth-order valence-electron chi connectivity index (χ4n) is 4.36. The Hall–Kier alpha value is -0.0800. The molecule has 1 atom stereocenters. The molecule has 1 N–H and O–H groups in total. The van der Waals surface area contributed by atoms with Crippen LogP contribution in [0, 0.1) is 11.8 Å². The summed E-state index contributed by atoms with van der Waals surface area (Å²) in [6, 6.07) is 0. The molecule has 2 fully saturated rings. The van der Waals surface area contributed by atoms with E-state index in [1.54, 1.807) is 0 Å². The summed E-state index contributed by atoms with van der Waals surface area (Å²) in [7, 11) is 0. The van der Waals surface area contributed by atoms with E-state index in [4.69, 9.17) is 4.74 Å². The average molecular weight is 254 g/mol. The van der Waals surface area contributed by atoms with Gasteiger partial charge in [-0.3, -0.25) is 0 Å². The fourth-order valence-corrected chi connectivity index (χ4v) is 4.36. The molecule has 1 aliphatic carbocycles. The van der Waals surface area contributed by atoms with Crippen LogP contribution in [0.4, 0.5) is 0 Å². The van der Waals surface area contributed by atoms with E-state index in [-0.39, 0.29) is 5.60 Å². The SMILES string of the molecule is CCC1CCC(C2(O)CC(C)(C)OC2(C)C)CC1. The summed E-state index contributed by atoms with van der Waals surface area (Å²) in [4.78, 5) is 0. The maximum Gasteiger partial charge on any atom is 0.0986 e. The predicted molar refractivity (Wildman–Crippen MR) is 74.5 cm³/mol. The molecule has 0 aromatic heterocycles. The third kappa shape index (κ3) is 2.34. The van der Waals surface area contributed by atoms with Gasteiger partial charge in [-0.25, -0.2) is 0 Å². The Morgan fingerprint density at radius 1 is 1.06 bits per heavy atom. The summed E-state index contributed by atoms with van der Waals surface area (Å²) >= 11 is 0. The van der Waals surface area contributed by atoms with E-state index in [1.165, 1.54) is 19.3 Å². The molecule has 18 heavy (non-hydrogen) atoms. The van der Waals surface area contributed by atoms with Crippen LogP contribution in [0.15, 0.2) is 0 Å². The number of rotatable bonds is 2. The van der Waals surface area contributed by atoms with Gasteiger partial charge in [0.1, 0.15) is 0 Å². The van der Waals surface area contributed by atoms with Gasteiger partial charge >= 0.3 is 0 Å². The van der Waals surface area contributed by atoms with E-state index in [0.29, 0.717) is 5.92 Å². The highest BCUT2D eigenvalue weighted by molar-refractivity contribution is 5.09. The van der Waals surface area contributed by atoms with Gasteiger partial charge in [0.2, 0.25) is 0 Å². The highest BCUT2D eigenvalue weighted by Crippen LogP contribution is 2.52. The summed E-state index contributed by atoms with van der Waals surface area (Å²) in [5.41, 5.74) is -1.25. The normalized spacial score (nSPS) is 43.0. The number of aliphatic hydroxyl groups is 1. The van der Waals surface area contributed by atoms with Crippen molar-refractivity contribution in [2.24, 2.45) is 11.8 Å². The molecule has 2 heteroatoms. The Morgan fingerprint density at radius 2 is 1.61 bits per heavy atom. The van der Waals surface area contributed by atoms with Crippen LogP contribution in [-0.4, -0.2) is 21.9 Å². The summed E-state index contributed by atoms with van der Waals surface area (Å²) in [6.07, 6.45) is 6.95. The van der Waals surface area contributed by atoms with Gasteiger partial charge in [0.15, 0.2) is 0 Å². The second-order valence-electron chi connectivity index (χ2n) is 7.60. The minimum absolute atomic E-state index is 0.195. The molecular weight excluding hydrogens is 224 g/mol. The van der Waals surface area contributed by atoms with Crippen molar-refractivity contribution in [3.05, 3.63) is 0 Å². The number of hydrogen-bond donors (Lipinski definition) is 1. The molecule has 1 aliphatic heterocycles. The van der Waals surface area contributed by atoms with Crippen molar-refractivity contribution in [3.8, 4) is 0 Å². The minimum atomic E-state index is -0.644. The summed E-state index contributed by atoms with van der Waals surface area (Å²) in [6.45, 7) is 10.6. The largest absolute Gasteiger partial charge is 0.386 e. The zero-order valence-electron chi connectivity index (χ0n) is 12.8. The van der Waals surface area contributed by atoms with Crippen molar-refractivity contribution >= 4 is 0 Å². The summed E-state index contributed by atoms with van der Waals surface area (Å²) in [5.74, 6) is 1.29. The molecule has 2 rings (SSSR count). The first-order chi connectivity index (χ1) is 8.20. The predicted octanol–water partition coefficient (Wildman–Crippen LogP) is 3.91. The van der Waals surface area contributed by atoms with Crippen molar-refractivity contribution in [2.75, 3.05) is 0 Å². The molecule has 0 aromatic rings. The van der Waals surface area contributed by atoms with Crippen LogP contribution in [0.3, 0.4) is 0 Å². The standard InChI is InChI=1S/C16H30O2/c1-6-12-7-9-13(10-8-12)16(17)11-14(2,3)18-15(16,4)5/h12-13,17H,6-11H2,1-5H3. The Kier molecular flexibility index (Phi) is 3.57. The topological polar surface area (TPSA) is 29.5 Å². The zero-order chi connectivity index (χ0) is 13.6. The second kappa shape index (κ2) is 4.49. The highest BCUT2D eigenvalue weighted by atomic mass is 16.5. The molecule has 1 saturated heterocycles. The number of ether oxygens (including phenoxy) is 1. The first-order valence-electron chi connectivity index (χ1n) is 7.63. The molecule has 0 spiro atoms. The van der Waals surface area contributed by atoms with Gasteiger partial charge in [0.05, 0.1) is 16.8 Å². The monoisotopic (exact) mass is 254 g/mol. The molecule has 0 bridgehead atoms. The first kappa shape index (κ1) is 14.3. The molecule has 106 valence electrons. The van der Waals surface area contributed by atoms with Crippen molar-refractivity contribution < 1.29 is 9.84 Å². The van der Waals surface area contributed by atoms with Crippen LogP contribution in [0.1, 0.15) is 73.1 Å². The lowest BCUT2D eigenvalue weighted by molar-refractivity contribution is -0.153. The Balaban J connectivity index is 2.12. The van der Waals surface area contributed by atoms with E-state index >= 15 is 0 Å². The lowest BCUT2D eigenvalue weighted by Gasteiger charge is -2.44. The second-order valence-corrected chi connectivity index (χ2v) is 7.60. The van der Waals surface area contributed by atoms with Crippen LogP contribution < -0.4 is 0 Å². The van der Waals surface area contributed by atoms with E-state index in [9.17, 15) is 5.11 Å². The lowest BCUT2D eigenvalue weighted by Crippen LogP contribution is -2.52.